The number of aliphatic hydroxyl groups is 1. The maximum Gasteiger partial charge on any atom is 0.164 e. The van der Waals surface area contributed by atoms with Crippen LogP contribution in [0.2, 0.25) is 0 Å². The quantitative estimate of drug-likeness (QED) is 0.573. The molecule has 0 aliphatic rings. The van der Waals surface area contributed by atoms with E-state index in [1.165, 1.54) is 6.08 Å². The highest BCUT2D eigenvalue weighted by atomic mass is 16.3. The van der Waals surface area contributed by atoms with Crippen molar-refractivity contribution in [1.29, 1.82) is 0 Å². The Morgan fingerprint density at radius 2 is 2.33 bits per heavy atom. The molecule has 9 heavy (non-hydrogen) atoms. The summed E-state index contributed by atoms with van der Waals surface area (Å²) in [4.78, 5) is 10.6. The van der Waals surface area contributed by atoms with Gasteiger partial charge < -0.3 is 5.11 Å². The average Bonchev–Trinajstić information content (AvgIpc) is 1.87. The molecule has 0 saturated heterocycles. The first-order valence-electron chi connectivity index (χ1n) is 3.06. The zero-order chi connectivity index (χ0) is 7.28. The summed E-state index contributed by atoms with van der Waals surface area (Å²) >= 11 is 0. The van der Waals surface area contributed by atoms with Crippen LogP contribution in [0.1, 0.15) is 20.3 Å². The molecule has 0 radical (unpaired) electrons. The smallest absolute Gasteiger partial charge is 0.164 e. The number of rotatable bonds is 3. The molecule has 0 heterocycles. The fourth-order valence-corrected chi connectivity index (χ4v) is 0.499. The van der Waals surface area contributed by atoms with Crippen LogP contribution in [0.4, 0.5) is 0 Å². The molecule has 1 unspecified atom stereocenters. The van der Waals surface area contributed by atoms with Crippen molar-refractivity contribution in [2.75, 3.05) is 0 Å². The van der Waals surface area contributed by atoms with E-state index in [9.17, 15) is 4.79 Å². The zero-order valence-corrected chi connectivity index (χ0v) is 5.79. The Hall–Kier alpha value is -0.630. The van der Waals surface area contributed by atoms with Gasteiger partial charge in [0.2, 0.25) is 0 Å². The normalized spacial score (nSPS) is 14.1. The van der Waals surface area contributed by atoms with Crippen molar-refractivity contribution in [3.8, 4) is 0 Å². The second kappa shape index (κ2) is 4.27. The van der Waals surface area contributed by atoms with Gasteiger partial charge in [-0.1, -0.05) is 19.1 Å². The number of hydrogen-bond acceptors (Lipinski definition) is 2. The molecule has 1 atom stereocenters. The van der Waals surface area contributed by atoms with Crippen molar-refractivity contribution < 1.29 is 9.90 Å². The minimum atomic E-state index is -0.889. The standard InChI is InChI=1S/C7H12O2/c1-3-5-7(9)6(8)4-2/h3,5,7,9H,4H2,1-2H3. The van der Waals surface area contributed by atoms with E-state index in [4.69, 9.17) is 5.11 Å². The Bertz CT molecular complexity index is 116. The zero-order valence-electron chi connectivity index (χ0n) is 5.79. The molecule has 0 spiro atoms. The van der Waals surface area contributed by atoms with Crippen LogP contribution in [0, 0.1) is 0 Å². The fraction of sp³-hybridized carbons (Fsp3) is 0.571. The van der Waals surface area contributed by atoms with Gasteiger partial charge in [0.05, 0.1) is 0 Å². The minimum absolute atomic E-state index is 0.131. The first-order valence-corrected chi connectivity index (χ1v) is 3.06. The third-order valence-corrected chi connectivity index (χ3v) is 1.05. The molecule has 2 nitrogen and oxygen atoms in total. The van der Waals surface area contributed by atoms with Crippen molar-refractivity contribution in [1.82, 2.24) is 0 Å². The Labute approximate surface area is 55.2 Å². The third-order valence-electron chi connectivity index (χ3n) is 1.05. The lowest BCUT2D eigenvalue weighted by Gasteiger charge is -1.98. The highest BCUT2D eigenvalue weighted by molar-refractivity contribution is 5.84. The predicted molar refractivity (Wildman–Crippen MR) is 36.1 cm³/mol. The van der Waals surface area contributed by atoms with Gasteiger partial charge in [-0.05, 0) is 6.92 Å². The van der Waals surface area contributed by atoms with Gasteiger partial charge in [0.25, 0.3) is 0 Å². The van der Waals surface area contributed by atoms with Gasteiger partial charge in [-0.2, -0.15) is 0 Å². The SMILES string of the molecule is CC=CC(O)C(=O)CC. The van der Waals surface area contributed by atoms with Gasteiger partial charge in [0.15, 0.2) is 5.78 Å². The van der Waals surface area contributed by atoms with Crippen molar-refractivity contribution in [2.24, 2.45) is 0 Å². The van der Waals surface area contributed by atoms with Gasteiger partial charge in [0, 0.05) is 6.42 Å². The Kier molecular flexibility index (Phi) is 3.97. The minimum Gasteiger partial charge on any atom is -0.381 e. The molecule has 0 aliphatic heterocycles. The number of allylic oxidation sites excluding steroid dienone is 1. The monoisotopic (exact) mass is 128 g/mol. The molecule has 2 heteroatoms. The maximum absolute atomic E-state index is 10.6. The van der Waals surface area contributed by atoms with Gasteiger partial charge in [-0.15, -0.1) is 0 Å². The topological polar surface area (TPSA) is 37.3 Å². The molecule has 0 amide bonds. The molecule has 0 aromatic rings. The number of hydrogen-bond donors (Lipinski definition) is 1. The predicted octanol–water partition coefficient (Wildman–Crippen LogP) is 0.903. The Morgan fingerprint density at radius 1 is 1.78 bits per heavy atom. The second-order valence-corrected chi connectivity index (χ2v) is 1.79. The molecule has 0 fully saturated rings. The second-order valence-electron chi connectivity index (χ2n) is 1.79. The summed E-state index contributed by atoms with van der Waals surface area (Å²) < 4.78 is 0. The van der Waals surface area contributed by atoms with E-state index in [1.807, 2.05) is 0 Å². The molecule has 1 N–H and O–H groups in total. The van der Waals surface area contributed by atoms with Gasteiger partial charge >= 0.3 is 0 Å². The summed E-state index contributed by atoms with van der Waals surface area (Å²) in [5.74, 6) is -0.131. The van der Waals surface area contributed by atoms with Crippen LogP contribution in [0.15, 0.2) is 12.2 Å². The van der Waals surface area contributed by atoms with Crippen LogP contribution in [-0.4, -0.2) is 17.0 Å². The number of ketones is 1. The van der Waals surface area contributed by atoms with Crippen LogP contribution in [0.25, 0.3) is 0 Å². The fourth-order valence-electron chi connectivity index (χ4n) is 0.499. The lowest BCUT2D eigenvalue weighted by Crippen LogP contribution is -2.15. The number of carbonyl (C=O) groups excluding carboxylic acids is 1. The number of carbonyl (C=O) groups is 1. The average molecular weight is 128 g/mol. The first-order chi connectivity index (χ1) is 4.22. The third kappa shape index (κ3) is 3.03. The van der Waals surface area contributed by atoms with Crippen LogP contribution in [0.3, 0.4) is 0 Å². The van der Waals surface area contributed by atoms with Gasteiger partial charge in [-0.3, -0.25) is 4.79 Å². The van der Waals surface area contributed by atoms with Gasteiger partial charge in [0.1, 0.15) is 6.10 Å². The summed E-state index contributed by atoms with van der Waals surface area (Å²) in [5, 5.41) is 8.88. The molecule has 0 bridgehead atoms. The summed E-state index contributed by atoms with van der Waals surface area (Å²) in [6.07, 6.45) is 2.65. The number of Topliss-reactive ketones (excluding diaryl/α,β-unsaturated/α-hetero) is 1. The molecular weight excluding hydrogens is 116 g/mol. The molecule has 0 aliphatic carbocycles. The molecule has 0 aromatic carbocycles. The Morgan fingerprint density at radius 3 is 2.67 bits per heavy atom. The van der Waals surface area contributed by atoms with Crippen molar-refractivity contribution in [3.63, 3.8) is 0 Å². The molecule has 0 saturated carbocycles. The van der Waals surface area contributed by atoms with E-state index < -0.39 is 6.10 Å². The van der Waals surface area contributed by atoms with E-state index in [0.717, 1.165) is 0 Å². The van der Waals surface area contributed by atoms with Crippen LogP contribution < -0.4 is 0 Å². The summed E-state index contributed by atoms with van der Waals surface area (Å²) in [6.45, 7) is 3.50. The van der Waals surface area contributed by atoms with E-state index >= 15 is 0 Å². The lowest BCUT2D eigenvalue weighted by molar-refractivity contribution is -0.124. The molecular formula is C7H12O2. The van der Waals surface area contributed by atoms with Crippen molar-refractivity contribution in [2.45, 2.75) is 26.4 Å². The molecule has 0 aromatic heterocycles. The van der Waals surface area contributed by atoms with Crippen LogP contribution in [-0.2, 0) is 4.79 Å². The van der Waals surface area contributed by atoms with Crippen molar-refractivity contribution >= 4 is 5.78 Å². The van der Waals surface area contributed by atoms with Crippen LogP contribution >= 0.6 is 0 Å². The Balaban J connectivity index is 3.72. The number of aliphatic hydroxyl groups excluding tert-OH is 1. The maximum atomic E-state index is 10.6. The summed E-state index contributed by atoms with van der Waals surface area (Å²) in [6, 6.07) is 0. The molecule has 0 rings (SSSR count). The highest BCUT2D eigenvalue weighted by Gasteiger charge is 2.06. The summed E-state index contributed by atoms with van der Waals surface area (Å²) in [7, 11) is 0. The van der Waals surface area contributed by atoms with E-state index in [1.54, 1.807) is 19.9 Å². The largest absolute Gasteiger partial charge is 0.381 e. The first kappa shape index (κ1) is 8.37. The van der Waals surface area contributed by atoms with Crippen molar-refractivity contribution in [3.05, 3.63) is 12.2 Å². The van der Waals surface area contributed by atoms with Crippen LogP contribution in [0.5, 0.6) is 0 Å². The highest BCUT2D eigenvalue weighted by Crippen LogP contribution is 1.91. The summed E-state index contributed by atoms with van der Waals surface area (Å²) in [5.41, 5.74) is 0. The molecule has 52 valence electrons. The van der Waals surface area contributed by atoms with E-state index in [0.29, 0.717) is 6.42 Å². The van der Waals surface area contributed by atoms with E-state index in [2.05, 4.69) is 0 Å². The van der Waals surface area contributed by atoms with Gasteiger partial charge in [-0.25, -0.2) is 0 Å². The van der Waals surface area contributed by atoms with E-state index in [-0.39, 0.29) is 5.78 Å². The lowest BCUT2D eigenvalue weighted by atomic mass is 10.2.